The zero-order valence-electron chi connectivity index (χ0n) is 11.1. The van der Waals surface area contributed by atoms with Crippen molar-refractivity contribution in [3.63, 3.8) is 0 Å². The van der Waals surface area contributed by atoms with Gasteiger partial charge in [-0.05, 0) is 63.0 Å². The molecule has 2 aromatic rings. The molecule has 7 heteroatoms. The van der Waals surface area contributed by atoms with Gasteiger partial charge in [-0.15, -0.1) is 11.3 Å². The molecule has 0 fully saturated rings. The highest BCUT2D eigenvalue weighted by molar-refractivity contribution is 9.11. The zero-order valence-corrected chi connectivity index (χ0v) is 15.8. The number of hydrogen-bond donors (Lipinski definition) is 1. The van der Waals surface area contributed by atoms with E-state index in [4.69, 9.17) is 16.3 Å². The topological polar surface area (TPSA) is 38.3 Å². The SMILES string of the molecule is CCOC(=O)c1ccc(NCc2cc(Br)c(Cl)s2)c(Br)c1. The normalized spacial score (nSPS) is 10.5. The Hall–Kier alpha value is -0.560. The molecule has 0 unspecified atom stereocenters. The molecule has 0 amide bonds. The third-order valence-corrected chi connectivity index (χ3v) is 5.76. The molecule has 0 aliphatic heterocycles. The maximum Gasteiger partial charge on any atom is 0.338 e. The largest absolute Gasteiger partial charge is 0.462 e. The standard InChI is InChI=1S/C14H12Br2ClNO2S/c1-2-20-14(19)8-3-4-12(10(15)5-8)18-7-9-6-11(16)13(17)21-9/h3-6,18H,2,7H2,1H3. The highest BCUT2D eigenvalue weighted by atomic mass is 79.9. The Kier molecular flexibility index (Phi) is 6.10. The lowest BCUT2D eigenvalue weighted by molar-refractivity contribution is 0.0526. The van der Waals surface area contributed by atoms with Crippen molar-refractivity contribution in [2.24, 2.45) is 0 Å². The minimum Gasteiger partial charge on any atom is -0.462 e. The summed E-state index contributed by atoms with van der Waals surface area (Å²) in [4.78, 5) is 12.8. The molecule has 0 radical (unpaired) electrons. The molecule has 1 heterocycles. The summed E-state index contributed by atoms with van der Waals surface area (Å²) in [6.07, 6.45) is 0. The number of ether oxygens (including phenoxy) is 1. The Balaban J connectivity index is 2.05. The minimum atomic E-state index is -0.321. The van der Waals surface area contributed by atoms with E-state index in [1.807, 2.05) is 12.1 Å². The van der Waals surface area contributed by atoms with Crippen LogP contribution in [0.25, 0.3) is 0 Å². The Morgan fingerprint density at radius 2 is 2.10 bits per heavy atom. The lowest BCUT2D eigenvalue weighted by Gasteiger charge is -2.09. The quantitative estimate of drug-likeness (QED) is 0.589. The maximum absolute atomic E-state index is 11.6. The van der Waals surface area contributed by atoms with Gasteiger partial charge < -0.3 is 10.1 Å². The molecule has 1 aromatic heterocycles. The van der Waals surface area contributed by atoms with Gasteiger partial charge in [-0.1, -0.05) is 11.6 Å². The summed E-state index contributed by atoms with van der Waals surface area (Å²) in [6.45, 7) is 2.81. The van der Waals surface area contributed by atoms with Crippen LogP contribution >= 0.6 is 54.8 Å². The van der Waals surface area contributed by atoms with E-state index in [1.165, 1.54) is 11.3 Å². The number of anilines is 1. The number of thiophene rings is 1. The first-order valence-electron chi connectivity index (χ1n) is 6.15. The first-order chi connectivity index (χ1) is 10.0. The van der Waals surface area contributed by atoms with Crippen molar-refractivity contribution in [3.8, 4) is 0 Å². The molecular weight excluding hydrogens is 441 g/mol. The highest BCUT2D eigenvalue weighted by Crippen LogP contribution is 2.33. The summed E-state index contributed by atoms with van der Waals surface area (Å²) in [5, 5.41) is 3.30. The van der Waals surface area contributed by atoms with E-state index in [0.29, 0.717) is 18.7 Å². The van der Waals surface area contributed by atoms with Crippen LogP contribution in [0.1, 0.15) is 22.2 Å². The van der Waals surface area contributed by atoms with Gasteiger partial charge in [0.1, 0.15) is 4.34 Å². The molecule has 0 aliphatic rings. The second-order valence-electron chi connectivity index (χ2n) is 4.10. The lowest BCUT2D eigenvalue weighted by atomic mass is 10.2. The van der Waals surface area contributed by atoms with Gasteiger partial charge in [0.15, 0.2) is 0 Å². The fourth-order valence-corrected chi connectivity index (χ4v) is 3.91. The number of rotatable bonds is 5. The van der Waals surface area contributed by atoms with Gasteiger partial charge in [0, 0.05) is 26.1 Å². The molecule has 1 N–H and O–H groups in total. The fourth-order valence-electron chi connectivity index (χ4n) is 1.66. The third kappa shape index (κ3) is 4.45. The van der Waals surface area contributed by atoms with Crippen molar-refractivity contribution in [2.75, 3.05) is 11.9 Å². The molecule has 0 atom stereocenters. The Morgan fingerprint density at radius 1 is 1.33 bits per heavy atom. The van der Waals surface area contributed by atoms with Crippen LogP contribution in [0.4, 0.5) is 5.69 Å². The number of carbonyl (C=O) groups is 1. The van der Waals surface area contributed by atoms with Crippen LogP contribution in [-0.4, -0.2) is 12.6 Å². The molecule has 0 bridgehead atoms. The van der Waals surface area contributed by atoms with Gasteiger partial charge >= 0.3 is 5.97 Å². The first kappa shape index (κ1) is 16.8. The molecule has 112 valence electrons. The van der Waals surface area contributed by atoms with Gasteiger partial charge in [0.05, 0.1) is 12.2 Å². The summed E-state index contributed by atoms with van der Waals surface area (Å²) in [6, 6.07) is 7.32. The summed E-state index contributed by atoms with van der Waals surface area (Å²) in [7, 11) is 0. The fraction of sp³-hybridized carbons (Fsp3) is 0.214. The Labute approximate surface area is 148 Å². The van der Waals surface area contributed by atoms with Gasteiger partial charge in [-0.2, -0.15) is 0 Å². The van der Waals surface area contributed by atoms with E-state index in [0.717, 1.165) is 23.8 Å². The van der Waals surface area contributed by atoms with E-state index < -0.39 is 0 Å². The van der Waals surface area contributed by atoms with Gasteiger partial charge in [0.25, 0.3) is 0 Å². The Bertz CT molecular complexity index is 641. The third-order valence-electron chi connectivity index (χ3n) is 2.63. The van der Waals surface area contributed by atoms with Gasteiger partial charge in [-0.3, -0.25) is 0 Å². The predicted molar refractivity (Wildman–Crippen MR) is 94.5 cm³/mol. The maximum atomic E-state index is 11.6. The minimum absolute atomic E-state index is 0.321. The second kappa shape index (κ2) is 7.63. The number of carbonyl (C=O) groups excluding carboxylic acids is 1. The number of halogens is 3. The van der Waals surface area contributed by atoms with Crippen molar-refractivity contribution >= 4 is 66.5 Å². The molecule has 3 nitrogen and oxygen atoms in total. The van der Waals surface area contributed by atoms with E-state index in [9.17, 15) is 4.79 Å². The lowest BCUT2D eigenvalue weighted by Crippen LogP contribution is -2.05. The van der Waals surface area contributed by atoms with Crippen LogP contribution in [0.3, 0.4) is 0 Å². The van der Waals surface area contributed by atoms with Crippen LogP contribution in [0.5, 0.6) is 0 Å². The number of esters is 1. The molecule has 0 aliphatic carbocycles. The Morgan fingerprint density at radius 3 is 2.67 bits per heavy atom. The van der Waals surface area contributed by atoms with Crippen LogP contribution < -0.4 is 5.32 Å². The van der Waals surface area contributed by atoms with E-state index in [2.05, 4.69) is 37.2 Å². The van der Waals surface area contributed by atoms with E-state index in [1.54, 1.807) is 19.1 Å². The molecule has 2 rings (SSSR count). The average molecular weight is 454 g/mol. The number of benzene rings is 1. The number of nitrogens with one attached hydrogen (secondary N) is 1. The monoisotopic (exact) mass is 451 g/mol. The van der Waals surface area contributed by atoms with Crippen molar-refractivity contribution in [1.29, 1.82) is 0 Å². The van der Waals surface area contributed by atoms with Crippen LogP contribution in [0.2, 0.25) is 4.34 Å². The van der Waals surface area contributed by atoms with Crippen molar-refractivity contribution in [1.82, 2.24) is 0 Å². The van der Waals surface area contributed by atoms with Crippen LogP contribution in [0.15, 0.2) is 33.2 Å². The average Bonchev–Trinajstić information content (AvgIpc) is 2.76. The van der Waals surface area contributed by atoms with E-state index in [-0.39, 0.29) is 5.97 Å². The summed E-state index contributed by atoms with van der Waals surface area (Å²) >= 11 is 14.4. The zero-order chi connectivity index (χ0) is 15.4. The molecule has 1 aromatic carbocycles. The molecule has 0 saturated carbocycles. The first-order valence-corrected chi connectivity index (χ1v) is 8.93. The van der Waals surface area contributed by atoms with Crippen LogP contribution in [0, 0.1) is 0 Å². The van der Waals surface area contributed by atoms with Gasteiger partial charge in [0.2, 0.25) is 0 Å². The van der Waals surface area contributed by atoms with Crippen molar-refractivity contribution < 1.29 is 9.53 Å². The van der Waals surface area contributed by atoms with Crippen molar-refractivity contribution in [3.05, 3.63) is 48.0 Å². The summed E-state index contributed by atoms with van der Waals surface area (Å²) in [5.41, 5.74) is 1.43. The number of hydrogen-bond acceptors (Lipinski definition) is 4. The van der Waals surface area contributed by atoms with E-state index >= 15 is 0 Å². The molecule has 21 heavy (non-hydrogen) atoms. The summed E-state index contributed by atoms with van der Waals surface area (Å²) < 4.78 is 7.43. The molecule has 0 saturated heterocycles. The predicted octanol–water partition coefficient (Wildman–Crippen LogP) is 5.72. The van der Waals surface area contributed by atoms with Crippen molar-refractivity contribution in [2.45, 2.75) is 13.5 Å². The second-order valence-corrected chi connectivity index (χ2v) is 7.55. The highest BCUT2D eigenvalue weighted by Gasteiger charge is 2.10. The van der Waals surface area contributed by atoms with Crippen LogP contribution in [-0.2, 0) is 11.3 Å². The molecular formula is C14H12Br2ClNO2S. The summed E-state index contributed by atoms with van der Waals surface area (Å²) in [5.74, 6) is -0.321. The molecule has 0 spiro atoms. The smallest absolute Gasteiger partial charge is 0.338 e. The van der Waals surface area contributed by atoms with Gasteiger partial charge in [-0.25, -0.2) is 4.79 Å².